The van der Waals surface area contributed by atoms with Crippen molar-refractivity contribution >= 4 is 40.4 Å². The number of benzene rings is 1. The lowest BCUT2D eigenvalue weighted by atomic mass is 10.2. The van der Waals surface area contributed by atoms with E-state index in [9.17, 15) is 14.9 Å². The molecule has 1 heterocycles. The van der Waals surface area contributed by atoms with Crippen LogP contribution in [0, 0.1) is 24.0 Å². The molecule has 1 aromatic carbocycles. The number of nitro groups is 1. The Morgan fingerprint density at radius 2 is 2.24 bits per heavy atom. The van der Waals surface area contributed by atoms with Crippen LogP contribution in [0.2, 0.25) is 0 Å². The molecule has 0 atom stereocenters. The van der Waals surface area contributed by atoms with Gasteiger partial charge in [-0.05, 0) is 19.4 Å². The topological polar surface area (TPSA) is 85.1 Å². The predicted molar refractivity (Wildman–Crippen MR) is 84.0 cm³/mol. The highest BCUT2D eigenvalue weighted by atomic mass is 32.2. The lowest BCUT2D eigenvalue weighted by Gasteiger charge is -2.07. The third-order valence-corrected chi connectivity index (χ3v) is 4.77. The molecule has 8 heteroatoms. The first kappa shape index (κ1) is 15.5. The summed E-state index contributed by atoms with van der Waals surface area (Å²) in [6.45, 7) is 3.68. The number of anilines is 1. The van der Waals surface area contributed by atoms with E-state index < -0.39 is 4.92 Å². The van der Waals surface area contributed by atoms with Crippen LogP contribution in [-0.2, 0) is 4.79 Å². The summed E-state index contributed by atoms with van der Waals surface area (Å²) in [5.74, 6) is 0.00573. The number of amides is 1. The van der Waals surface area contributed by atoms with E-state index in [4.69, 9.17) is 0 Å². The number of aromatic nitrogens is 1. The van der Waals surface area contributed by atoms with E-state index in [0.29, 0.717) is 5.69 Å². The normalized spacial score (nSPS) is 10.4. The van der Waals surface area contributed by atoms with Crippen molar-refractivity contribution in [3.63, 3.8) is 0 Å². The van der Waals surface area contributed by atoms with Gasteiger partial charge in [0.25, 0.3) is 5.69 Å². The fourth-order valence-corrected chi connectivity index (χ4v) is 3.22. The van der Waals surface area contributed by atoms with Crippen LogP contribution in [0.15, 0.2) is 27.9 Å². The monoisotopic (exact) mass is 323 g/mol. The van der Waals surface area contributed by atoms with Gasteiger partial charge in [0.2, 0.25) is 5.91 Å². The number of nitrogens with zero attached hydrogens (tertiary/aromatic N) is 2. The van der Waals surface area contributed by atoms with Crippen molar-refractivity contribution in [2.45, 2.75) is 18.2 Å². The number of aryl methyl sites for hydroxylation is 2. The van der Waals surface area contributed by atoms with E-state index in [1.165, 1.54) is 35.2 Å². The van der Waals surface area contributed by atoms with Crippen molar-refractivity contribution in [1.82, 2.24) is 4.98 Å². The van der Waals surface area contributed by atoms with Gasteiger partial charge in [0.15, 0.2) is 4.34 Å². The average Bonchev–Trinajstić information content (AvgIpc) is 2.84. The van der Waals surface area contributed by atoms with Gasteiger partial charge in [-0.1, -0.05) is 17.8 Å². The predicted octanol–water partition coefficient (Wildman–Crippen LogP) is 3.40. The van der Waals surface area contributed by atoms with Crippen LogP contribution in [0.5, 0.6) is 0 Å². The third kappa shape index (κ3) is 4.27. The molecule has 0 fully saturated rings. The lowest BCUT2D eigenvalue weighted by molar-refractivity contribution is -0.384. The molecule has 0 aliphatic carbocycles. The van der Waals surface area contributed by atoms with Gasteiger partial charge in [0, 0.05) is 23.2 Å². The fourth-order valence-electron chi connectivity index (χ4n) is 1.57. The van der Waals surface area contributed by atoms with Crippen molar-refractivity contribution in [2.75, 3.05) is 11.1 Å². The molecule has 6 nitrogen and oxygen atoms in total. The van der Waals surface area contributed by atoms with E-state index in [1.807, 2.05) is 12.3 Å². The number of hydrogen-bond donors (Lipinski definition) is 1. The van der Waals surface area contributed by atoms with Crippen LogP contribution in [0.3, 0.4) is 0 Å². The van der Waals surface area contributed by atoms with Gasteiger partial charge in [-0.15, -0.1) is 11.3 Å². The highest BCUT2D eigenvalue weighted by Gasteiger charge is 2.12. The van der Waals surface area contributed by atoms with E-state index in [2.05, 4.69) is 10.3 Å². The Hall–Kier alpha value is -1.93. The molecule has 0 radical (unpaired) electrons. The molecule has 0 unspecified atom stereocenters. The van der Waals surface area contributed by atoms with Crippen LogP contribution in [0.4, 0.5) is 11.4 Å². The van der Waals surface area contributed by atoms with Crippen LogP contribution in [-0.4, -0.2) is 21.6 Å². The van der Waals surface area contributed by atoms with Gasteiger partial charge >= 0.3 is 0 Å². The zero-order chi connectivity index (χ0) is 15.4. The van der Waals surface area contributed by atoms with Gasteiger partial charge < -0.3 is 5.32 Å². The summed E-state index contributed by atoms with van der Waals surface area (Å²) in [4.78, 5) is 26.4. The third-order valence-electron chi connectivity index (χ3n) is 2.63. The smallest absolute Gasteiger partial charge is 0.271 e. The molecule has 0 aliphatic heterocycles. The van der Waals surface area contributed by atoms with Crippen LogP contribution < -0.4 is 5.32 Å². The maximum atomic E-state index is 11.9. The first-order chi connectivity index (χ1) is 9.95. The van der Waals surface area contributed by atoms with Crippen molar-refractivity contribution in [2.24, 2.45) is 0 Å². The summed E-state index contributed by atoms with van der Waals surface area (Å²) in [5, 5.41) is 15.4. The second-order valence-electron chi connectivity index (χ2n) is 4.35. The molecule has 1 aromatic heterocycles. The molecule has 1 amide bonds. The van der Waals surface area contributed by atoms with Gasteiger partial charge in [0.1, 0.15) is 0 Å². The number of carbonyl (C=O) groups is 1. The Bertz CT molecular complexity index is 685. The Labute approximate surface area is 129 Å². The summed E-state index contributed by atoms with van der Waals surface area (Å²) in [7, 11) is 0. The summed E-state index contributed by atoms with van der Waals surface area (Å²) >= 11 is 2.84. The maximum Gasteiger partial charge on any atom is 0.271 e. The summed E-state index contributed by atoms with van der Waals surface area (Å²) in [6, 6.07) is 4.40. The molecule has 110 valence electrons. The molecule has 0 aliphatic rings. The number of thiazole rings is 1. The number of nitrogens with one attached hydrogen (secondary N) is 1. The summed E-state index contributed by atoms with van der Waals surface area (Å²) in [6.07, 6.45) is 0. The Balaban J connectivity index is 1.99. The molecule has 2 rings (SSSR count). The lowest BCUT2D eigenvalue weighted by Crippen LogP contribution is -2.15. The maximum absolute atomic E-state index is 11.9. The Morgan fingerprint density at radius 3 is 2.86 bits per heavy atom. The van der Waals surface area contributed by atoms with Gasteiger partial charge in [-0.2, -0.15) is 0 Å². The van der Waals surface area contributed by atoms with E-state index in [1.54, 1.807) is 13.0 Å². The molecular weight excluding hydrogens is 310 g/mol. The van der Waals surface area contributed by atoms with Crippen LogP contribution in [0.1, 0.15) is 11.3 Å². The number of thioether (sulfide) groups is 1. The summed E-state index contributed by atoms with van der Waals surface area (Å²) < 4.78 is 0.832. The number of rotatable bonds is 5. The highest BCUT2D eigenvalue weighted by molar-refractivity contribution is 8.01. The van der Waals surface area contributed by atoms with Crippen molar-refractivity contribution < 1.29 is 9.72 Å². The largest absolute Gasteiger partial charge is 0.325 e. The van der Waals surface area contributed by atoms with E-state index in [0.717, 1.165) is 15.6 Å². The molecule has 0 spiro atoms. The number of carbonyl (C=O) groups excluding carboxylic acids is 1. The first-order valence-corrected chi connectivity index (χ1v) is 7.92. The zero-order valence-corrected chi connectivity index (χ0v) is 13.1. The first-order valence-electron chi connectivity index (χ1n) is 6.05. The molecule has 21 heavy (non-hydrogen) atoms. The van der Waals surface area contributed by atoms with Gasteiger partial charge in [-0.25, -0.2) is 4.98 Å². The highest BCUT2D eigenvalue weighted by Crippen LogP contribution is 2.24. The van der Waals surface area contributed by atoms with Crippen molar-refractivity contribution in [3.05, 3.63) is 45.0 Å². The molecule has 0 saturated carbocycles. The molecule has 0 saturated heterocycles. The quantitative estimate of drug-likeness (QED) is 0.518. The summed E-state index contributed by atoms with van der Waals surface area (Å²) in [5.41, 5.74) is 2.13. The molecule has 1 N–H and O–H groups in total. The number of nitro benzene ring substituents is 1. The van der Waals surface area contributed by atoms with Crippen LogP contribution in [0.25, 0.3) is 0 Å². The van der Waals surface area contributed by atoms with Crippen LogP contribution >= 0.6 is 23.1 Å². The SMILES string of the molecule is Cc1csc(SCC(=O)Nc2cc([N+](=O)[O-])ccc2C)n1. The van der Waals surface area contributed by atoms with E-state index >= 15 is 0 Å². The Kier molecular flexibility index (Phi) is 4.92. The Morgan fingerprint density at radius 1 is 1.48 bits per heavy atom. The van der Waals surface area contributed by atoms with E-state index in [-0.39, 0.29) is 17.3 Å². The molecular formula is C13H13N3O3S2. The number of non-ortho nitro benzene ring substituents is 1. The molecule has 0 bridgehead atoms. The minimum atomic E-state index is -0.484. The minimum Gasteiger partial charge on any atom is -0.325 e. The van der Waals surface area contributed by atoms with Gasteiger partial charge in [-0.3, -0.25) is 14.9 Å². The average molecular weight is 323 g/mol. The minimum absolute atomic E-state index is 0.0425. The number of hydrogen-bond acceptors (Lipinski definition) is 6. The van der Waals surface area contributed by atoms with Gasteiger partial charge in [0.05, 0.1) is 16.4 Å². The molecule has 2 aromatic rings. The zero-order valence-electron chi connectivity index (χ0n) is 11.5. The standard InChI is InChI=1S/C13H13N3O3S2/c1-8-3-4-10(16(18)19)5-11(8)15-12(17)7-21-13-14-9(2)6-20-13/h3-6H,7H2,1-2H3,(H,15,17). The van der Waals surface area contributed by atoms with Crippen molar-refractivity contribution in [1.29, 1.82) is 0 Å². The second-order valence-corrected chi connectivity index (χ2v) is 6.43. The van der Waals surface area contributed by atoms with Crippen molar-refractivity contribution in [3.8, 4) is 0 Å². The second kappa shape index (κ2) is 6.68. The fraction of sp³-hybridized carbons (Fsp3) is 0.231.